The van der Waals surface area contributed by atoms with Crippen molar-refractivity contribution >= 4 is 54.3 Å². The zero-order chi connectivity index (χ0) is 38.5. The second-order valence-corrected chi connectivity index (χ2v) is 16.0. The van der Waals surface area contributed by atoms with Crippen molar-refractivity contribution < 1.29 is 4.42 Å². The summed E-state index contributed by atoms with van der Waals surface area (Å²) in [4.78, 5) is 15.7. The standard InChI is InChI=1S/C54H35N3O/c1-54(2)46-21-10-8-18-39(46)40-26-24-36(31-47(40)54)53-56-51(34-16-12-15-33(29-34)32-13-4-3-5-14-32)55-52(57-53)35-23-25-38-43-27-28-44-41-19-9-11-22-48(41)58-50(44)49(43)42-20-7-6-17-37(42)45(38)30-35/h3-31H,1-2H3. The Morgan fingerprint density at radius 2 is 0.914 bits per heavy atom. The molecule has 4 nitrogen and oxygen atoms in total. The van der Waals surface area contributed by atoms with Crippen molar-refractivity contribution in [3.8, 4) is 56.4 Å². The van der Waals surface area contributed by atoms with Crippen LogP contribution in [0.4, 0.5) is 0 Å². The molecule has 2 aromatic heterocycles. The molecule has 0 aliphatic heterocycles. The number of nitrogens with zero attached hydrogens (tertiary/aromatic N) is 3. The molecule has 0 atom stereocenters. The molecule has 0 saturated carbocycles. The molecule has 0 N–H and O–H groups in total. The molecule has 0 fully saturated rings. The van der Waals surface area contributed by atoms with E-state index in [4.69, 9.17) is 19.4 Å². The van der Waals surface area contributed by atoms with Gasteiger partial charge in [0, 0.05) is 38.3 Å². The van der Waals surface area contributed by atoms with Crippen molar-refractivity contribution in [2.45, 2.75) is 19.3 Å². The van der Waals surface area contributed by atoms with Crippen molar-refractivity contribution in [2.75, 3.05) is 0 Å². The van der Waals surface area contributed by atoms with E-state index in [9.17, 15) is 0 Å². The number of benzene rings is 9. The topological polar surface area (TPSA) is 51.8 Å². The Labute approximate surface area is 335 Å². The highest BCUT2D eigenvalue weighted by Crippen LogP contribution is 2.49. The highest BCUT2D eigenvalue weighted by molar-refractivity contribution is 6.32. The number of fused-ring (bicyclic) bond motifs is 13. The van der Waals surface area contributed by atoms with Crippen LogP contribution in [0.5, 0.6) is 0 Å². The summed E-state index contributed by atoms with van der Waals surface area (Å²) in [6.45, 7) is 4.62. The quantitative estimate of drug-likeness (QED) is 0.169. The molecular weight excluding hydrogens is 707 g/mol. The average molecular weight is 742 g/mol. The zero-order valence-electron chi connectivity index (χ0n) is 32.0. The molecule has 272 valence electrons. The molecule has 0 radical (unpaired) electrons. The fraction of sp³-hybridized carbons (Fsp3) is 0.0556. The fourth-order valence-corrected chi connectivity index (χ4v) is 9.43. The van der Waals surface area contributed by atoms with Crippen LogP contribution < -0.4 is 0 Å². The predicted octanol–water partition coefficient (Wildman–Crippen LogP) is 14.2. The van der Waals surface area contributed by atoms with Crippen molar-refractivity contribution in [3.05, 3.63) is 187 Å². The van der Waals surface area contributed by atoms with Gasteiger partial charge in [-0.1, -0.05) is 159 Å². The SMILES string of the molecule is CC1(C)c2ccccc2-c2ccc(-c3nc(-c4cccc(-c5ccccc5)c4)nc(-c4ccc5c(c4)c4ccccc4c4c5ccc5c6ccccc6oc54)n3)cc21. The molecule has 0 bridgehead atoms. The summed E-state index contributed by atoms with van der Waals surface area (Å²) >= 11 is 0. The highest BCUT2D eigenvalue weighted by Gasteiger charge is 2.35. The fourth-order valence-electron chi connectivity index (χ4n) is 9.43. The smallest absolute Gasteiger partial charge is 0.164 e. The van der Waals surface area contributed by atoms with E-state index in [0.717, 1.165) is 82.1 Å². The van der Waals surface area contributed by atoms with Gasteiger partial charge in [0.2, 0.25) is 0 Å². The lowest BCUT2D eigenvalue weighted by Crippen LogP contribution is -2.15. The van der Waals surface area contributed by atoms with Gasteiger partial charge in [-0.25, -0.2) is 15.0 Å². The van der Waals surface area contributed by atoms with E-state index >= 15 is 0 Å². The van der Waals surface area contributed by atoms with E-state index in [1.165, 1.54) is 22.3 Å². The number of hydrogen-bond acceptors (Lipinski definition) is 4. The Morgan fingerprint density at radius 1 is 0.362 bits per heavy atom. The van der Waals surface area contributed by atoms with Gasteiger partial charge < -0.3 is 4.42 Å². The molecule has 2 heterocycles. The first-order valence-electron chi connectivity index (χ1n) is 19.9. The third-order valence-electron chi connectivity index (χ3n) is 12.3. The highest BCUT2D eigenvalue weighted by atomic mass is 16.3. The molecule has 0 saturated heterocycles. The minimum absolute atomic E-state index is 0.152. The monoisotopic (exact) mass is 741 g/mol. The summed E-state index contributed by atoms with van der Waals surface area (Å²) in [5.74, 6) is 1.92. The average Bonchev–Trinajstić information content (AvgIpc) is 3.78. The van der Waals surface area contributed by atoms with Gasteiger partial charge in [0.15, 0.2) is 17.5 Å². The van der Waals surface area contributed by atoms with Crippen LogP contribution >= 0.6 is 0 Å². The van der Waals surface area contributed by atoms with Gasteiger partial charge in [-0.3, -0.25) is 0 Å². The lowest BCUT2D eigenvalue weighted by molar-refractivity contribution is 0.660. The van der Waals surface area contributed by atoms with Crippen LogP contribution in [-0.4, -0.2) is 15.0 Å². The van der Waals surface area contributed by atoms with E-state index in [2.05, 4.69) is 178 Å². The molecule has 4 heteroatoms. The number of aromatic nitrogens is 3. The van der Waals surface area contributed by atoms with Crippen LogP contribution in [0.3, 0.4) is 0 Å². The molecule has 58 heavy (non-hydrogen) atoms. The number of para-hydroxylation sites is 1. The Hall–Kier alpha value is -7.43. The number of furan rings is 1. The first-order chi connectivity index (χ1) is 28.5. The third kappa shape index (κ3) is 4.85. The molecule has 0 amide bonds. The third-order valence-corrected chi connectivity index (χ3v) is 12.3. The lowest BCUT2D eigenvalue weighted by atomic mass is 9.82. The molecule has 11 aromatic rings. The van der Waals surface area contributed by atoms with Crippen molar-refractivity contribution in [2.24, 2.45) is 0 Å². The number of rotatable bonds is 4. The Balaban J connectivity index is 1.08. The first-order valence-corrected chi connectivity index (χ1v) is 19.9. The Bertz CT molecular complexity index is 3470. The number of hydrogen-bond donors (Lipinski definition) is 0. The predicted molar refractivity (Wildman–Crippen MR) is 239 cm³/mol. The molecule has 12 rings (SSSR count). The van der Waals surface area contributed by atoms with E-state index < -0.39 is 0 Å². The van der Waals surface area contributed by atoms with Gasteiger partial charge in [-0.2, -0.15) is 0 Å². The minimum atomic E-state index is -0.152. The van der Waals surface area contributed by atoms with Crippen LogP contribution in [-0.2, 0) is 5.41 Å². The van der Waals surface area contributed by atoms with Crippen molar-refractivity contribution in [1.29, 1.82) is 0 Å². The maximum Gasteiger partial charge on any atom is 0.164 e. The van der Waals surface area contributed by atoms with Gasteiger partial charge in [0.05, 0.1) is 0 Å². The largest absolute Gasteiger partial charge is 0.455 e. The summed E-state index contributed by atoms with van der Waals surface area (Å²) in [7, 11) is 0. The van der Waals surface area contributed by atoms with E-state index in [1.54, 1.807) is 0 Å². The van der Waals surface area contributed by atoms with Crippen molar-refractivity contribution in [1.82, 2.24) is 15.0 Å². The summed E-state index contributed by atoms with van der Waals surface area (Å²) in [6, 6.07) is 62.4. The second kappa shape index (κ2) is 12.3. The minimum Gasteiger partial charge on any atom is -0.455 e. The molecule has 1 aliphatic rings. The van der Waals surface area contributed by atoms with E-state index in [1.807, 2.05) is 12.1 Å². The van der Waals surface area contributed by atoms with Gasteiger partial charge in [-0.05, 0) is 90.6 Å². The summed E-state index contributed by atoms with van der Waals surface area (Å²) in [6.07, 6.45) is 0. The van der Waals surface area contributed by atoms with Gasteiger partial charge in [0.25, 0.3) is 0 Å². The van der Waals surface area contributed by atoms with Gasteiger partial charge in [0.1, 0.15) is 11.2 Å². The molecule has 0 spiro atoms. The summed E-state index contributed by atoms with van der Waals surface area (Å²) in [5.41, 5.74) is 11.9. The van der Waals surface area contributed by atoms with E-state index in [-0.39, 0.29) is 5.41 Å². The van der Waals surface area contributed by atoms with Crippen LogP contribution in [0, 0.1) is 0 Å². The van der Waals surface area contributed by atoms with Crippen LogP contribution in [0.15, 0.2) is 180 Å². The molecule has 1 aliphatic carbocycles. The Kier molecular flexibility index (Phi) is 6.94. The second-order valence-electron chi connectivity index (χ2n) is 16.0. The molecule has 9 aromatic carbocycles. The summed E-state index contributed by atoms with van der Waals surface area (Å²) < 4.78 is 6.59. The molecule has 0 unspecified atom stereocenters. The normalized spacial score (nSPS) is 13.1. The van der Waals surface area contributed by atoms with E-state index in [0.29, 0.717) is 17.5 Å². The maximum atomic E-state index is 6.59. The van der Waals surface area contributed by atoms with Crippen LogP contribution in [0.25, 0.3) is 111 Å². The van der Waals surface area contributed by atoms with Gasteiger partial charge in [-0.15, -0.1) is 0 Å². The first kappa shape index (κ1) is 32.8. The van der Waals surface area contributed by atoms with Crippen molar-refractivity contribution in [3.63, 3.8) is 0 Å². The molecular formula is C54H35N3O. The Morgan fingerprint density at radius 3 is 1.74 bits per heavy atom. The maximum absolute atomic E-state index is 6.59. The van der Waals surface area contributed by atoms with Gasteiger partial charge >= 0.3 is 0 Å². The zero-order valence-corrected chi connectivity index (χ0v) is 32.0. The lowest BCUT2D eigenvalue weighted by Gasteiger charge is -2.21. The van der Waals surface area contributed by atoms with Crippen LogP contribution in [0.1, 0.15) is 25.0 Å². The summed E-state index contributed by atoms with van der Waals surface area (Å²) in [5, 5.41) is 9.16. The van der Waals surface area contributed by atoms with Crippen LogP contribution in [0.2, 0.25) is 0 Å².